The number of hydrogen-bond acceptors (Lipinski definition) is 10. The predicted octanol–water partition coefficient (Wildman–Crippen LogP) is 5.29. The number of carbonyl (C=O) groups excluding carboxylic acids is 2. The van der Waals surface area contributed by atoms with Crippen LogP contribution in [0.5, 0.6) is 17.2 Å². The second kappa shape index (κ2) is 11.7. The number of nitrogens with zero attached hydrogens (tertiary/aromatic N) is 1. The molecule has 10 nitrogen and oxygen atoms in total. The molecule has 43 heavy (non-hydrogen) atoms. The lowest BCUT2D eigenvalue weighted by Crippen LogP contribution is -2.28. The number of nitrogen functional groups attached to an aromatic ring is 1. The predicted molar refractivity (Wildman–Crippen MR) is 165 cm³/mol. The van der Waals surface area contributed by atoms with Gasteiger partial charge in [-0.2, -0.15) is 0 Å². The molecule has 3 aromatic carbocycles. The third-order valence-electron chi connectivity index (χ3n) is 6.66. The van der Waals surface area contributed by atoms with E-state index in [1.807, 2.05) is 41.1 Å². The fourth-order valence-electron chi connectivity index (χ4n) is 4.68. The summed E-state index contributed by atoms with van der Waals surface area (Å²) < 4.78 is 43.3. The van der Waals surface area contributed by atoms with E-state index in [4.69, 9.17) is 24.9 Å². The molecule has 220 valence electrons. The van der Waals surface area contributed by atoms with E-state index >= 15 is 0 Å². The number of hydrogen-bond donors (Lipinski definition) is 2. The van der Waals surface area contributed by atoms with E-state index < -0.39 is 21.7 Å². The number of ether oxygens (including phenoxy) is 3. The first-order valence-electron chi connectivity index (χ1n) is 12.8. The van der Waals surface area contributed by atoms with E-state index in [-0.39, 0.29) is 21.0 Å². The van der Waals surface area contributed by atoms with Crippen LogP contribution in [0, 0.1) is 0 Å². The van der Waals surface area contributed by atoms with Crippen molar-refractivity contribution in [2.45, 2.75) is 11.8 Å². The zero-order valence-electron chi connectivity index (χ0n) is 23.6. The molecule has 1 amide bonds. The number of methoxy groups -OCH3 is 3. The van der Waals surface area contributed by atoms with Crippen LogP contribution in [-0.2, 0) is 14.8 Å². The Labute approximate surface area is 252 Å². The van der Waals surface area contributed by atoms with Crippen molar-refractivity contribution < 1.29 is 32.2 Å². The monoisotopic (exact) mass is 617 g/mol. The molecular weight excluding hydrogens is 590 g/mol. The van der Waals surface area contributed by atoms with Gasteiger partial charge in [-0.1, -0.05) is 30.3 Å². The van der Waals surface area contributed by atoms with Gasteiger partial charge in [-0.05, 0) is 53.6 Å². The third-order valence-corrected chi connectivity index (χ3v) is 9.20. The number of rotatable bonds is 9. The average Bonchev–Trinajstić information content (AvgIpc) is 3.35. The smallest absolute Gasteiger partial charge is 0.264 e. The molecule has 0 spiro atoms. The lowest BCUT2D eigenvalue weighted by molar-refractivity contribution is -0.117. The zero-order chi connectivity index (χ0) is 30.9. The van der Waals surface area contributed by atoms with E-state index in [1.54, 1.807) is 12.1 Å². The largest absolute Gasteiger partial charge is 0.493 e. The molecule has 5 aromatic rings. The van der Waals surface area contributed by atoms with Crippen molar-refractivity contribution in [3.8, 4) is 39.6 Å². The summed E-state index contributed by atoms with van der Waals surface area (Å²) in [5, 5.41) is 0.576. The van der Waals surface area contributed by atoms with Gasteiger partial charge in [0.1, 0.15) is 9.71 Å². The highest BCUT2D eigenvalue weighted by atomic mass is 32.2. The Hall–Kier alpha value is -4.94. The van der Waals surface area contributed by atoms with Crippen LogP contribution in [0.4, 0.5) is 5.69 Å². The van der Waals surface area contributed by atoms with Crippen LogP contribution in [0.3, 0.4) is 0 Å². The van der Waals surface area contributed by atoms with Gasteiger partial charge in [0.25, 0.3) is 10.0 Å². The van der Waals surface area contributed by atoms with E-state index in [2.05, 4.69) is 0 Å². The Morgan fingerprint density at radius 1 is 0.860 bits per heavy atom. The van der Waals surface area contributed by atoms with Crippen molar-refractivity contribution in [2.75, 3.05) is 27.1 Å². The molecule has 2 heterocycles. The van der Waals surface area contributed by atoms with Crippen molar-refractivity contribution in [3.05, 3.63) is 83.2 Å². The molecule has 0 atom stereocenters. The quantitative estimate of drug-likeness (QED) is 0.211. The molecule has 0 bridgehead atoms. The maximum absolute atomic E-state index is 13.7. The molecule has 5 rings (SSSR count). The molecule has 2 aromatic heterocycles. The van der Waals surface area contributed by atoms with Gasteiger partial charge < -0.3 is 19.9 Å². The Kier molecular flexibility index (Phi) is 8.07. The van der Waals surface area contributed by atoms with Crippen molar-refractivity contribution in [3.63, 3.8) is 0 Å². The van der Waals surface area contributed by atoms with E-state index in [9.17, 15) is 18.0 Å². The third kappa shape index (κ3) is 5.62. The first kappa shape index (κ1) is 29.5. The molecular formula is C31H27N3O7S2. The minimum absolute atomic E-state index is 0.151. The SMILES string of the molecule is COc1cc(-c2cc(-c3ccccc3)nc3sc(C(=O)c4ccc(S(=O)(=O)NC(C)=O)cc4)c(N)c23)cc(OC)c1OC. The van der Waals surface area contributed by atoms with Gasteiger partial charge in [-0.15, -0.1) is 11.3 Å². The second-order valence-electron chi connectivity index (χ2n) is 9.38. The summed E-state index contributed by atoms with van der Waals surface area (Å²) >= 11 is 1.14. The lowest BCUT2D eigenvalue weighted by atomic mass is 9.98. The van der Waals surface area contributed by atoms with E-state index in [0.29, 0.717) is 44.3 Å². The number of thiophene rings is 1. The lowest BCUT2D eigenvalue weighted by Gasteiger charge is -2.15. The Morgan fingerprint density at radius 2 is 1.49 bits per heavy atom. The Balaban J connectivity index is 1.69. The number of nitrogens with one attached hydrogen (secondary N) is 1. The molecule has 0 aliphatic rings. The number of sulfonamides is 1. The van der Waals surface area contributed by atoms with Gasteiger partial charge in [-0.25, -0.2) is 18.1 Å². The van der Waals surface area contributed by atoms with Gasteiger partial charge in [0.15, 0.2) is 11.5 Å². The molecule has 0 saturated heterocycles. The molecule has 0 radical (unpaired) electrons. The first-order valence-corrected chi connectivity index (χ1v) is 15.1. The topological polar surface area (TPSA) is 147 Å². The van der Waals surface area contributed by atoms with Crippen LogP contribution >= 0.6 is 11.3 Å². The average molecular weight is 618 g/mol. The molecule has 0 aliphatic heterocycles. The summed E-state index contributed by atoms with van der Waals surface area (Å²) in [6.45, 7) is 1.10. The highest BCUT2D eigenvalue weighted by Gasteiger charge is 2.25. The number of benzene rings is 3. The van der Waals surface area contributed by atoms with Crippen LogP contribution < -0.4 is 24.7 Å². The standard InChI is InChI=1S/C31H27N3O7S2/c1-17(35)34-43(37,38)21-12-10-19(11-13-21)28(36)30-27(32)26-22(20-14-24(39-2)29(41-4)25(15-20)40-3)16-23(33-31(26)42-30)18-8-6-5-7-9-18/h5-16H,32H2,1-4H3,(H,34,35). The normalized spacial score (nSPS) is 11.3. The summed E-state index contributed by atoms with van der Waals surface area (Å²) in [5.74, 6) is 0.204. The summed E-state index contributed by atoms with van der Waals surface area (Å²) in [4.78, 5) is 30.5. The molecule has 12 heteroatoms. The maximum Gasteiger partial charge on any atom is 0.264 e. The van der Waals surface area contributed by atoms with Crippen molar-refractivity contribution in [1.82, 2.24) is 9.71 Å². The fourth-order valence-corrected chi connectivity index (χ4v) is 6.75. The number of anilines is 1. The van der Waals surface area contributed by atoms with Crippen molar-refractivity contribution in [1.29, 1.82) is 0 Å². The number of ketones is 1. The Morgan fingerprint density at radius 3 is 2.05 bits per heavy atom. The first-order chi connectivity index (χ1) is 20.6. The summed E-state index contributed by atoms with van der Waals surface area (Å²) in [6.07, 6.45) is 0. The minimum atomic E-state index is -4.05. The highest BCUT2D eigenvalue weighted by molar-refractivity contribution is 7.90. The maximum atomic E-state index is 13.7. The van der Waals surface area contributed by atoms with Gasteiger partial charge in [0, 0.05) is 23.4 Å². The van der Waals surface area contributed by atoms with Gasteiger partial charge in [0.05, 0.1) is 37.6 Å². The number of nitrogens with two attached hydrogens (primary N) is 1. The number of amides is 1. The van der Waals surface area contributed by atoms with Crippen molar-refractivity contribution >= 4 is 49.0 Å². The van der Waals surface area contributed by atoms with E-state index in [0.717, 1.165) is 23.8 Å². The second-order valence-corrected chi connectivity index (χ2v) is 12.1. The Bertz CT molecular complexity index is 1950. The van der Waals surface area contributed by atoms with Gasteiger partial charge in [-0.3, -0.25) is 9.59 Å². The summed E-state index contributed by atoms with van der Waals surface area (Å²) in [7, 11) is 0.528. The van der Waals surface area contributed by atoms with Crippen LogP contribution in [0.15, 0.2) is 77.7 Å². The van der Waals surface area contributed by atoms with E-state index in [1.165, 1.54) is 45.6 Å². The van der Waals surface area contributed by atoms with Crippen LogP contribution in [0.1, 0.15) is 22.2 Å². The molecule has 0 saturated carbocycles. The number of pyridine rings is 1. The molecule has 0 fully saturated rings. The van der Waals surface area contributed by atoms with Crippen LogP contribution in [0.25, 0.3) is 32.6 Å². The van der Waals surface area contributed by atoms with Crippen LogP contribution in [-0.4, -0.2) is 46.4 Å². The number of fused-ring (bicyclic) bond motifs is 1. The molecule has 3 N–H and O–H groups in total. The van der Waals surface area contributed by atoms with Gasteiger partial charge in [0.2, 0.25) is 17.4 Å². The highest BCUT2D eigenvalue weighted by Crippen LogP contribution is 2.46. The fraction of sp³-hybridized carbons (Fsp3) is 0.129. The van der Waals surface area contributed by atoms with Gasteiger partial charge >= 0.3 is 0 Å². The summed E-state index contributed by atoms with van der Waals surface area (Å²) in [5.41, 5.74) is 10.1. The number of carbonyl (C=O) groups is 2. The minimum Gasteiger partial charge on any atom is -0.493 e. The summed E-state index contributed by atoms with van der Waals surface area (Å²) in [6, 6.07) is 20.4. The molecule has 0 unspecified atom stereocenters. The number of aromatic nitrogens is 1. The van der Waals surface area contributed by atoms with Crippen LogP contribution in [0.2, 0.25) is 0 Å². The van der Waals surface area contributed by atoms with Crippen molar-refractivity contribution in [2.24, 2.45) is 0 Å². The zero-order valence-corrected chi connectivity index (χ0v) is 25.3. The molecule has 0 aliphatic carbocycles.